The Morgan fingerprint density at radius 2 is 2.14 bits per heavy atom. The minimum atomic E-state index is 0.535. The van der Waals surface area contributed by atoms with Crippen molar-refractivity contribution in [2.75, 3.05) is 13.2 Å². The lowest BCUT2D eigenvalue weighted by Gasteiger charge is -2.07. The quantitative estimate of drug-likeness (QED) is 0.756. The number of nitrogens with zero attached hydrogens (tertiary/aromatic N) is 4. The lowest BCUT2D eigenvalue weighted by Crippen LogP contribution is -2.10. The number of rotatable bonds is 6. The van der Waals surface area contributed by atoms with E-state index in [0.717, 1.165) is 27.7 Å². The van der Waals surface area contributed by atoms with Crippen molar-refractivity contribution >= 4 is 11.3 Å². The van der Waals surface area contributed by atoms with E-state index < -0.39 is 0 Å². The summed E-state index contributed by atoms with van der Waals surface area (Å²) >= 11 is 1.57. The predicted octanol–water partition coefficient (Wildman–Crippen LogP) is 2.43. The van der Waals surface area contributed by atoms with Crippen molar-refractivity contribution in [1.29, 1.82) is 0 Å². The fourth-order valence-corrected chi connectivity index (χ4v) is 2.94. The fraction of sp³-hybridized carbons (Fsp3) is 0.267. The van der Waals surface area contributed by atoms with Crippen LogP contribution in [0.4, 0.5) is 0 Å². The van der Waals surface area contributed by atoms with E-state index in [1.807, 2.05) is 42.8 Å². The third-order valence-electron chi connectivity index (χ3n) is 3.08. The lowest BCUT2D eigenvalue weighted by atomic mass is 10.2. The van der Waals surface area contributed by atoms with Crippen molar-refractivity contribution in [2.24, 2.45) is 5.73 Å². The van der Waals surface area contributed by atoms with Crippen LogP contribution < -0.4 is 10.5 Å². The zero-order valence-corrected chi connectivity index (χ0v) is 13.1. The van der Waals surface area contributed by atoms with Crippen LogP contribution in [0.5, 0.6) is 5.75 Å². The Hall–Kier alpha value is -2.25. The molecule has 0 aliphatic rings. The van der Waals surface area contributed by atoms with Crippen LogP contribution >= 0.6 is 11.3 Å². The van der Waals surface area contributed by atoms with Gasteiger partial charge in [-0.15, -0.1) is 16.4 Å². The molecule has 0 spiro atoms. The second-order valence-corrected chi connectivity index (χ2v) is 5.48. The van der Waals surface area contributed by atoms with Gasteiger partial charge in [0.25, 0.3) is 0 Å². The summed E-state index contributed by atoms with van der Waals surface area (Å²) < 4.78 is 7.39. The zero-order chi connectivity index (χ0) is 15.4. The predicted molar refractivity (Wildman–Crippen MR) is 86.8 cm³/mol. The molecule has 2 N–H and O–H groups in total. The van der Waals surface area contributed by atoms with Gasteiger partial charge in [0, 0.05) is 11.9 Å². The van der Waals surface area contributed by atoms with Crippen LogP contribution in [0, 0.1) is 0 Å². The molecule has 22 heavy (non-hydrogen) atoms. The molecule has 0 aliphatic heterocycles. The summed E-state index contributed by atoms with van der Waals surface area (Å²) in [4.78, 5) is 4.66. The van der Waals surface area contributed by atoms with Crippen LogP contribution in [0.25, 0.3) is 22.0 Å². The van der Waals surface area contributed by atoms with Crippen LogP contribution in [0.2, 0.25) is 0 Å². The summed E-state index contributed by atoms with van der Waals surface area (Å²) in [5, 5.41) is 11.1. The smallest absolute Gasteiger partial charge is 0.132 e. The number of hydrogen-bond acceptors (Lipinski definition) is 6. The topological polar surface area (TPSA) is 78.9 Å². The van der Waals surface area contributed by atoms with E-state index in [9.17, 15) is 0 Å². The number of nitrogens with two attached hydrogens (primary N) is 1. The molecular weight excluding hydrogens is 298 g/mol. The van der Waals surface area contributed by atoms with Crippen molar-refractivity contribution in [3.8, 4) is 27.7 Å². The maximum atomic E-state index is 5.66. The molecule has 2 aromatic heterocycles. The molecule has 1 aromatic carbocycles. The molecule has 0 radical (unpaired) electrons. The Balaban J connectivity index is 1.90. The molecule has 3 aromatic rings. The highest BCUT2D eigenvalue weighted by Gasteiger charge is 2.13. The van der Waals surface area contributed by atoms with Gasteiger partial charge in [-0.1, -0.05) is 17.3 Å². The number of thiazole rings is 1. The highest BCUT2D eigenvalue weighted by molar-refractivity contribution is 7.13. The molecule has 0 saturated heterocycles. The normalized spacial score (nSPS) is 10.8. The summed E-state index contributed by atoms with van der Waals surface area (Å²) in [6, 6.07) is 7.91. The molecule has 114 valence electrons. The van der Waals surface area contributed by atoms with Crippen LogP contribution in [-0.2, 0) is 6.54 Å². The van der Waals surface area contributed by atoms with Crippen molar-refractivity contribution in [3.05, 3.63) is 35.8 Å². The van der Waals surface area contributed by atoms with Gasteiger partial charge < -0.3 is 10.5 Å². The highest BCUT2D eigenvalue weighted by Crippen LogP contribution is 2.34. The standard InChI is InChI=1S/C15H17N5OS/c1-2-21-14-6-4-3-5-11(14)15-17-13(10-22-15)12-9-20(8-7-16)19-18-12/h3-6,9-10H,2,7-8,16H2,1H3. The molecule has 0 amide bonds. The van der Waals surface area contributed by atoms with Crippen LogP contribution in [0.15, 0.2) is 35.8 Å². The van der Waals surface area contributed by atoms with Crippen molar-refractivity contribution in [1.82, 2.24) is 20.0 Å². The van der Waals surface area contributed by atoms with E-state index in [2.05, 4.69) is 15.3 Å². The first-order chi connectivity index (χ1) is 10.8. The first kappa shape index (κ1) is 14.7. The van der Waals surface area contributed by atoms with Gasteiger partial charge in [0.15, 0.2) is 0 Å². The molecule has 0 saturated carbocycles. The molecule has 0 atom stereocenters. The van der Waals surface area contributed by atoms with Gasteiger partial charge in [-0.3, -0.25) is 4.68 Å². The third kappa shape index (κ3) is 3.00. The van der Waals surface area contributed by atoms with Gasteiger partial charge in [0.1, 0.15) is 22.1 Å². The van der Waals surface area contributed by atoms with Gasteiger partial charge in [0.05, 0.1) is 24.9 Å². The summed E-state index contributed by atoms with van der Waals surface area (Å²) in [6.45, 7) is 3.78. The van der Waals surface area contributed by atoms with Crippen LogP contribution in [-0.4, -0.2) is 33.1 Å². The minimum absolute atomic E-state index is 0.535. The van der Waals surface area contributed by atoms with Gasteiger partial charge >= 0.3 is 0 Å². The van der Waals surface area contributed by atoms with E-state index in [4.69, 9.17) is 10.5 Å². The lowest BCUT2D eigenvalue weighted by molar-refractivity contribution is 0.341. The number of para-hydroxylation sites is 1. The molecule has 0 fully saturated rings. The number of hydrogen-bond donors (Lipinski definition) is 1. The second kappa shape index (κ2) is 6.67. The van der Waals surface area contributed by atoms with Crippen molar-refractivity contribution in [2.45, 2.75) is 13.5 Å². The number of ether oxygens (including phenoxy) is 1. The van der Waals surface area contributed by atoms with Crippen molar-refractivity contribution in [3.63, 3.8) is 0 Å². The number of benzene rings is 1. The van der Waals surface area contributed by atoms with Gasteiger partial charge in [-0.2, -0.15) is 0 Å². The Labute approximate surface area is 132 Å². The Kier molecular flexibility index (Phi) is 4.45. The summed E-state index contributed by atoms with van der Waals surface area (Å²) in [5.74, 6) is 0.845. The van der Waals surface area contributed by atoms with Crippen LogP contribution in [0.1, 0.15) is 6.92 Å². The maximum absolute atomic E-state index is 5.66. The van der Waals surface area contributed by atoms with E-state index in [0.29, 0.717) is 19.7 Å². The second-order valence-electron chi connectivity index (χ2n) is 4.62. The molecule has 7 heteroatoms. The summed E-state index contributed by atoms with van der Waals surface area (Å²) in [5.41, 5.74) is 8.08. The number of aromatic nitrogens is 4. The first-order valence-electron chi connectivity index (χ1n) is 7.10. The zero-order valence-electron chi connectivity index (χ0n) is 12.3. The van der Waals surface area contributed by atoms with E-state index in [-0.39, 0.29) is 0 Å². The van der Waals surface area contributed by atoms with Gasteiger partial charge in [-0.25, -0.2) is 4.98 Å². The molecule has 2 heterocycles. The van der Waals surface area contributed by atoms with E-state index >= 15 is 0 Å². The molecule has 0 aliphatic carbocycles. The molecular formula is C15H17N5OS. The Bertz CT molecular complexity index is 752. The highest BCUT2D eigenvalue weighted by atomic mass is 32.1. The summed E-state index contributed by atoms with van der Waals surface area (Å²) in [6.07, 6.45) is 1.86. The third-order valence-corrected chi connectivity index (χ3v) is 3.96. The molecule has 3 rings (SSSR count). The monoisotopic (exact) mass is 315 g/mol. The summed E-state index contributed by atoms with van der Waals surface area (Å²) in [7, 11) is 0. The molecule has 0 bridgehead atoms. The molecule has 6 nitrogen and oxygen atoms in total. The van der Waals surface area contributed by atoms with Crippen molar-refractivity contribution < 1.29 is 4.74 Å². The largest absolute Gasteiger partial charge is 0.493 e. The van der Waals surface area contributed by atoms with E-state index in [1.54, 1.807) is 16.0 Å². The fourth-order valence-electron chi connectivity index (χ4n) is 2.10. The van der Waals surface area contributed by atoms with E-state index in [1.165, 1.54) is 0 Å². The Morgan fingerprint density at radius 1 is 1.27 bits per heavy atom. The first-order valence-corrected chi connectivity index (χ1v) is 7.98. The van der Waals surface area contributed by atoms with Crippen LogP contribution in [0.3, 0.4) is 0 Å². The average Bonchev–Trinajstić information content (AvgIpc) is 3.17. The maximum Gasteiger partial charge on any atom is 0.132 e. The Morgan fingerprint density at radius 3 is 2.95 bits per heavy atom. The minimum Gasteiger partial charge on any atom is -0.493 e. The van der Waals surface area contributed by atoms with Gasteiger partial charge in [0.2, 0.25) is 0 Å². The molecule has 0 unspecified atom stereocenters. The van der Waals surface area contributed by atoms with Gasteiger partial charge in [-0.05, 0) is 19.1 Å². The average molecular weight is 315 g/mol. The SMILES string of the molecule is CCOc1ccccc1-c1nc(-c2cn(CCN)nn2)cs1.